The van der Waals surface area contributed by atoms with E-state index in [4.69, 9.17) is 16.0 Å². The maximum atomic E-state index is 11.8. The van der Waals surface area contributed by atoms with Crippen molar-refractivity contribution in [2.24, 2.45) is 0 Å². The topological polar surface area (TPSA) is 67.6 Å². The molecule has 0 unspecified atom stereocenters. The molecule has 2 aromatic rings. The molecule has 7 heteroatoms. The Morgan fingerprint density at radius 3 is 2.74 bits per heavy atom. The fourth-order valence-corrected chi connectivity index (χ4v) is 4.97. The van der Waals surface area contributed by atoms with Gasteiger partial charge in [-0.3, -0.25) is 4.90 Å². The molecule has 23 heavy (non-hydrogen) atoms. The second kappa shape index (κ2) is 5.92. The minimum Gasteiger partial charge on any atom is -0.423 e. The first-order valence-corrected chi connectivity index (χ1v) is 9.59. The monoisotopic (exact) mass is 355 g/mol. The summed E-state index contributed by atoms with van der Waals surface area (Å²) in [4.78, 5) is 13.8. The van der Waals surface area contributed by atoms with Crippen molar-refractivity contribution in [1.29, 1.82) is 0 Å². The van der Waals surface area contributed by atoms with E-state index in [1.54, 1.807) is 12.1 Å². The minimum absolute atomic E-state index is 0.0248. The van der Waals surface area contributed by atoms with Crippen molar-refractivity contribution in [3.63, 3.8) is 0 Å². The molecular weight excluding hydrogens is 338 g/mol. The number of hydrogen-bond donors (Lipinski definition) is 0. The summed E-state index contributed by atoms with van der Waals surface area (Å²) in [6.07, 6.45) is 0.623. The van der Waals surface area contributed by atoms with Crippen molar-refractivity contribution in [2.45, 2.75) is 25.9 Å². The van der Waals surface area contributed by atoms with E-state index in [2.05, 4.69) is 0 Å². The van der Waals surface area contributed by atoms with Gasteiger partial charge < -0.3 is 4.42 Å². The van der Waals surface area contributed by atoms with Gasteiger partial charge in [-0.1, -0.05) is 11.6 Å². The van der Waals surface area contributed by atoms with Gasteiger partial charge in [0.2, 0.25) is 0 Å². The molecule has 0 bridgehead atoms. The zero-order valence-corrected chi connectivity index (χ0v) is 14.6. The van der Waals surface area contributed by atoms with Crippen LogP contribution in [0.3, 0.4) is 0 Å². The summed E-state index contributed by atoms with van der Waals surface area (Å²) < 4.78 is 28.5. The first kappa shape index (κ1) is 16.5. The van der Waals surface area contributed by atoms with E-state index in [0.29, 0.717) is 23.6 Å². The highest BCUT2D eigenvalue weighted by Crippen LogP contribution is 2.27. The van der Waals surface area contributed by atoms with Gasteiger partial charge in [-0.15, -0.1) is 0 Å². The zero-order valence-electron chi connectivity index (χ0n) is 13.0. The molecule has 5 nitrogen and oxygen atoms in total. The van der Waals surface area contributed by atoms with Gasteiger partial charge in [0.15, 0.2) is 9.84 Å². The Kier molecular flexibility index (Phi) is 4.25. The number of fused-ring (bicyclic) bond motifs is 1. The third kappa shape index (κ3) is 3.44. The summed E-state index contributed by atoms with van der Waals surface area (Å²) in [6, 6.07) is 4.98. The highest BCUT2D eigenvalue weighted by Gasteiger charge is 2.30. The van der Waals surface area contributed by atoms with E-state index in [0.717, 1.165) is 16.5 Å². The van der Waals surface area contributed by atoms with E-state index in [1.165, 1.54) is 6.07 Å². The van der Waals surface area contributed by atoms with Crippen LogP contribution < -0.4 is 5.63 Å². The molecule has 0 radical (unpaired) electrons. The molecule has 1 saturated heterocycles. The summed E-state index contributed by atoms with van der Waals surface area (Å²) in [6.45, 7) is 2.33. The summed E-state index contributed by atoms with van der Waals surface area (Å²) in [7, 11) is -1.06. The van der Waals surface area contributed by atoms with Gasteiger partial charge in [0, 0.05) is 29.1 Å². The lowest BCUT2D eigenvalue weighted by Gasteiger charge is -2.23. The molecule has 0 N–H and O–H groups in total. The van der Waals surface area contributed by atoms with Gasteiger partial charge in [0.1, 0.15) is 5.58 Å². The molecule has 1 aromatic heterocycles. The molecule has 124 valence electrons. The lowest BCUT2D eigenvalue weighted by Crippen LogP contribution is -2.32. The highest BCUT2D eigenvalue weighted by molar-refractivity contribution is 7.91. The minimum atomic E-state index is -2.94. The first-order valence-electron chi connectivity index (χ1n) is 7.39. The van der Waals surface area contributed by atoms with Crippen LogP contribution in [0.4, 0.5) is 0 Å². The molecule has 0 amide bonds. The van der Waals surface area contributed by atoms with Gasteiger partial charge in [0.05, 0.1) is 11.5 Å². The normalized spacial score (nSPS) is 20.4. The largest absolute Gasteiger partial charge is 0.423 e. The standard InChI is InChI=1S/C16H18ClNO4S/c1-10-5-15-13(7-14(10)17)11(6-16(19)22-15)8-18(2)12-3-4-23(20,21)9-12/h5-7,12H,3-4,8-9H2,1-2H3/t12-/m0/s1. The summed E-state index contributed by atoms with van der Waals surface area (Å²) in [5, 5.41) is 1.40. The molecule has 1 aromatic carbocycles. The van der Waals surface area contributed by atoms with Crippen molar-refractivity contribution < 1.29 is 12.8 Å². The van der Waals surface area contributed by atoms with E-state index >= 15 is 0 Å². The molecule has 0 spiro atoms. The van der Waals surface area contributed by atoms with Gasteiger partial charge in [-0.2, -0.15) is 0 Å². The van der Waals surface area contributed by atoms with Gasteiger partial charge >= 0.3 is 5.63 Å². The average Bonchev–Trinajstić information content (AvgIpc) is 2.81. The van der Waals surface area contributed by atoms with E-state index < -0.39 is 15.5 Å². The second-order valence-electron chi connectivity index (χ2n) is 6.16. The molecule has 2 heterocycles. The van der Waals surface area contributed by atoms with Gasteiger partial charge in [-0.25, -0.2) is 13.2 Å². The number of rotatable bonds is 3. The Balaban J connectivity index is 1.96. The third-order valence-corrected chi connectivity index (χ3v) is 6.52. The van der Waals surface area contributed by atoms with Crippen LogP contribution >= 0.6 is 11.6 Å². The van der Waals surface area contributed by atoms with Crippen LogP contribution in [0.1, 0.15) is 17.5 Å². The molecule has 1 fully saturated rings. The number of nitrogens with zero attached hydrogens (tertiary/aromatic N) is 1. The molecular formula is C16H18ClNO4S. The van der Waals surface area contributed by atoms with E-state index in [9.17, 15) is 13.2 Å². The Morgan fingerprint density at radius 1 is 1.35 bits per heavy atom. The van der Waals surface area contributed by atoms with Crippen LogP contribution in [0.25, 0.3) is 11.0 Å². The maximum absolute atomic E-state index is 11.8. The number of benzene rings is 1. The lowest BCUT2D eigenvalue weighted by atomic mass is 10.1. The van der Waals surface area contributed by atoms with E-state index in [-0.39, 0.29) is 17.5 Å². The predicted octanol–water partition coefficient (Wildman–Crippen LogP) is 2.37. The predicted molar refractivity (Wildman–Crippen MR) is 90.8 cm³/mol. The Bertz CT molecular complexity index is 920. The SMILES string of the molecule is Cc1cc2oc(=O)cc(CN(C)[C@H]3CCS(=O)(=O)C3)c2cc1Cl. The van der Waals surface area contributed by atoms with Crippen molar-refractivity contribution >= 4 is 32.4 Å². The van der Waals surface area contributed by atoms with E-state index in [1.807, 2.05) is 18.9 Å². The molecule has 1 aliphatic rings. The Labute approximate surface area is 139 Å². The van der Waals surface area contributed by atoms with Gasteiger partial charge in [-0.05, 0) is 43.7 Å². The first-order chi connectivity index (χ1) is 10.7. The fraction of sp³-hybridized carbons (Fsp3) is 0.438. The molecule has 3 rings (SSSR count). The number of sulfone groups is 1. The number of aryl methyl sites for hydroxylation is 1. The highest BCUT2D eigenvalue weighted by atomic mass is 35.5. The molecule has 0 aliphatic carbocycles. The van der Waals surface area contributed by atoms with Crippen LogP contribution in [0, 0.1) is 6.92 Å². The smallest absolute Gasteiger partial charge is 0.336 e. The Morgan fingerprint density at radius 2 is 2.09 bits per heavy atom. The quantitative estimate of drug-likeness (QED) is 0.791. The van der Waals surface area contributed by atoms with Crippen LogP contribution in [0.2, 0.25) is 5.02 Å². The van der Waals surface area contributed by atoms with Crippen molar-refractivity contribution in [3.8, 4) is 0 Å². The lowest BCUT2D eigenvalue weighted by molar-refractivity contribution is 0.254. The zero-order chi connectivity index (χ0) is 16.8. The van der Waals surface area contributed by atoms with Crippen molar-refractivity contribution in [1.82, 2.24) is 4.90 Å². The van der Waals surface area contributed by atoms with Crippen LogP contribution in [-0.2, 0) is 16.4 Å². The fourth-order valence-electron chi connectivity index (χ4n) is 3.00. The third-order valence-electron chi connectivity index (χ3n) is 4.36. The van der Waals surface area contributed by atoms with Crippen LogP contribution in [-0.4, -0.2) is 37.9 Å². The van der Waals surface area contributed by atoms with Crippen LogP contribution in [0.5, 0.6) is 0 Å². The summed E-state index contributed by atoms with van der Waals surface area (Å²) in [5.74, 6) is 0.396. The summed E-state index contributed by atoms with van der Waals surface area (Å²) in [5.41, 5.74) is 1.73. The summed E-state index contributed by atoms with van der Waals surface area (Å²) >= 11 is 6.19. The Hall–Kier alpha value is -1.37. The number of hydrogen-bond acceptors (Lipinski definition) is 5. The maximum Gasteiger partial charge on any atom is 0.336 e. The van der Waals surface area contributed by atoms with Crippen molar-refractivity contribution in [2.75, 3.05) is 18.6 Å². The second-order valence-corrected chi connectivity index (χ2v) is 8.80. The molecule has 1 aliphatic heterocycles. The average molecular weight is 356 g/mol. The molecule has 0 saturated carbocycles. The van der Waals surface area contributed by atoms with Gasteiger partial charge in [0.25, 0.3) is 0 Å². The number of halogens is 1. The van der Waals surface area contributed by atoms with Crippen molar-refractivity contribution in [3.05, 3.63) is 44.8 Å². The van der Waals surface area contributed by atoms with Crippen LogP contribution in [0.15, 0.2) is 27.4 Å². The molecule has 1 atom stereocenters.